The molecule has 1 amide bonds. The molecule has 0 aromatic heterocycles. The van der Waals surface area contributed by atoms with Crippen molar-refractivity contribution >= 4 is 54.8 Å². The van der Waals surface area contributed by atoms with E-state index in [2.05, 4.69) is 79.6 Å². The van der Waals surface area contributed by atoms with Crippen LogP contribution >= 0.6 is 31.9 Å². The van der Waals surface area contributed by atoms with Gasteiger partial charge in [-0.05, 0) is 90.1 Å². The molecule has 4 nitrogen and oxygen atoms in total. The van der Waals surface area contributed by atoms with E-state index in [4.69, 9.17) is 4.74 Å². The summed E-state index contributed by atoms with van der Waals surface area (Å²) >= 11 is 7.24. The monoisotopic (exact) mass is 568 g/mol. The maximum atomic E-state index is 12.6. The number of fused-ring (bicyclic) bond motifs is 2. The number of amides is 1. The highest BCUT2D eigenvalue weighted by Crippen LogP contribution is 2.66. The van der Waals surface area contributed by atoms with Gasteiger partial charge in [-0.15, -0.1) is 0 Å². The molecule has 33 heavy (non-hydrogen) atoms. The number of hydrogen-bond donors (Lipinski definition) is 1. The highest BCUT2D eigenvalue weighted by atomic mass is 79.9. The van der Waals surface area contributed by atoms with Crippen LogP contribution in [0, 0.1) is 17.3 Å². The van der Waals surface area contributed by atoms with Gasteiger partial charge in [-0.1, -0.05) is 62.2 Å². The van der Waals surface area contributed by atoms with E-state index in [1.807, 2.05) is 24.3 Å². The fourth-order valence-electron chi connectivity index (χ4n) is 5.45. The molecule has 3 aromatic carbocycles. The first-order valence-corrected chi connectivity index (χ1v) is 13.0. The zero-order valence-corrected chi connectivity index (χ0v) is 21.7. The molecule has 1 N–H and O–H groups in total. The lowest BCUT2D eigenvalue weighted by atomic mass is 9.90. The van der Waals surface area contributed by atoms with Crippen LogP contribution in [0.3, 0.4) is 0 Å². The van der Waals surface area contributed by atoms with Crippen LogP contribution in [-0.2, 0) is 11.4 Å². The van der Waals surface area contributed by atoms with Crippen molar-refractivity contribution in [3.05, 3.63) is 74.7 Å². The Labute approximate surface area is 211 Å². The molecule has 3 atom stereocenters. The second-order valence-corrected chi connectivity index (χ2v) is 11.0. The number of hydrogen-bond acceptors (Lipinski definition) is 3. The van der Waals surface area contributed by atoms with E-state index in [0.29, 0.717) is 12.5 Å². The van der Waals surface area contributed by atoms with Gasteiger partial charge in [-0.2, -0.15) is 5.10 Å². The smallest absolute Gasteiger partial charge is 0.244 e. The fourth-order valence-corrected chi connectivity index (χ4v) is 6.90. The average Bonchev–Trinajstić information content (AvgIpc) is 3.44. The maximum absolute atomic E-state index is 12.6. The molecular formula is C27H26Br2N2O2. The van der Waals surface area contributed by atoms with E-state index >= 15 is 0 Å². The average molecular weight is 570 g/mol. The predicted octanol–water partition coefficient (Wildman–Crippen LogP) is 7.22. The zero-order chi connectivity index (χ0) is 23.0. The van der Waals surface area contributed by atoms with Gasteiger partial charge in [0.15, 0.2) is 0 Å². The molecule has 0 unspecified atom stereocenters. The zero-order valence-electron chi connectivity index (χ0n) is 18.5. The minimum absolute atomic E-state index is 0.0498. The molecule has 2 fully saturated rings. The Hall–Kier alpha value is -2.18. The minimum Gasteiger partial charge on any atom is -0.487 e. The van der Waals surface area contributed by atoms with Crippen molar-refractivity contribution in [2.24, 2.45) is 22.4 Å². The third-order valence-corrected chi connectivity index (χ3v) is 8.45. The molecular weight excluding hydrogens is 544 g/mol. The summed E-state index contributed by atoms with van der Waals surface area (Å²) < 4.78 is 7.81. The van der Waals surface area contributed by atoms with E-state index in [9.17, 15) is 4.79 Å². The quantitative estimate of drug-likeness (QED) is 0.252. The SMILES string of the molecule is C[C@]12CCCC[C@H]1[C@@H]2C(=O)N/N=C\c1cc(Br)c(OCc2cccc3ccccc23)c(Br)c1. The Morgan fingerprint density at radius 2 is 1.91 bits per heavy atom. The lowest BCUT2D eigenvalue weighted by Crippen LogP contribution is -2.22. The third-order valence-electron chi connectivity index (χ3n) is 7.27. The Bertz CT molecular complexity index is 1210. The van der Waals surface area contributed by atoms with Gasteiger partial charge < -0.3 is 4.74 Å². The second-order valence-electron chi connectivity index (χ2n) is 9.31. The summed E-state index contributed by atoms with van der Waals surface area (Å²) in [4.78, 5) is 12.6. The highest BCUT2D eigenvalue weighted by Gasteiger charge is 2.64. The highest BCUT2D eigenvalue weighted by molar-refractivity contribution is 9.11. The number of benzene rings is 3. The van der Waals surface area contributed by atoms with Gasteiger partial charge in [0.1, 0.15) is 12.4 Å². The third kappa shape index (κ3) is 4.47. The molecule has 0 heterocycles. The van der Waals surface area contributed by atoms with Crippen LogP contribution in [0.4, 0.5) is 0 Å². The van der Waals surface area contributed by atoms with Crippen molar-refractivity contribution in [2.75, 3.05) is 0 Å². The van der Waals surface area contributed by atoms with Crippen molar-refractivity contribution in [1.29, 1.82) is 0 Å². The van der Waals surface area contributed by atoms with Gasteiger partial charge in [0.2, 0.25) is 5.91 Å². The van der Waals surface area contributed by atoms with Crippen molar-refractivity contribution in [2.45, 2.75) is 39.2 Å². The Morgan fingerprint density at radius 3 is 2.67 bits per heavy atom. The number of nitrogens with zero attached hydrogens (tertiary/aromatic N) is 1. The van der Waals surface area contributed by atoms with E-state index < -0.39 is 0 Å². The molecule has 5 rings (SSSR count). The van der Waals surface area contributed by atoms with Gasteiger partial charge in [0.25, 0.3) is 0 Å². The fraction of sp³-hybridized carbons (Fsp3) is 0.333. The van der Waals surface area contributed by atoms with E-state index in [1.165, 1.54) is 30.0 Å². The van der Waals surface area contributed by atoms with Crippen molar-refractivity contribution in [3.63, 3.8) is 0 Å². The number of carbonyl (C=O) groups excluding carboxylic acids is 1. The first-order valence-electron chi connectivity index (χ1n) is 11.4. The lowest BCUT2D eigenvalue weighted by molar-refractivity contribution is -0.123. The van der Waals surface area contributed by atoms with Crippen LogP contribution < -0.4 is 10.2 Å². The molecule has 6 heteroatoms. The number of nitrogens with one attached hydrogen (secondary N) is 1. The summed E-state index contributed by atoms with van der Waals surface area (Å²) in [7, 11) is 0. The summed E-state index contributed by atoms with van der Waals surface area (Å²) in [6.07, 6.45) is 6.47. The number of carbonyl (C=O) groups is 1. The topological polar surface area (TPSA) is 50.7 Å². The standard InChI is InChI=1S/C27H26Br2N2O2/c1-27-12-5-4-11-21(27)24(27)26(32)31-30-15-17-13-22(28)25(23(29)14-17)33-16-19-9-6-8-18-7-2-3-10-20(18)19/h2-3,6-10,13-15,21,24H,4-5,11-12,16H2,1H3,(H,31,32)/b30-15-/t21-,24+,27-/m0/s1. The van der Waals surface area contributed by atoms with Gasteiger partial charge in [-0.3, -0.25) is 4.79 Å². The van der Waals surface area contributed by atoms with Crippen molar-refractivity contribution in [3.8, 4) is 5.75 Å². The van der Waals surface area contributed by atoms with Crippen molar-refractivity contribution in [1.82, 2.24) is 5.43 Å². The summed E-state index contributed by atoms with van der Waals surface area (Å²) in [6.45, 7) is 2.71. The predicted molar refractivity (Wildman–Crippen MR) is 139 cm³/mol. The van der Waals surface area contributed by atoms with Crippen LogP contribution in [0.15, 0.2) is 68.6 Å². The molecule has 0 bridgehead atoms. The number of hydrazone groups is 1. The first-order chi connectivity index (χ1) is 16.0. The number of ether oxygens (including phenoxy) is 1. The molecule has 0 saturated heterocycles. The van der Waals surface area contributed by atoms with Gasteiger partial charge >= 0.3 is 0 Å². The van der Waals surface area contributed by atoms with Crippen LogP contribution in [0.2, 0.25) is 0 Å². The normalized spacial score (nSPS) is 24.0. The Balaban J connectivity index is 1.23. The van der Waals surface area contributed by atoms with Crippen molar-refractivity contribution < 1.29 is 9.53 Å². The largest absolute Gasteiger partial charge is 0.487 e. The minimum atomic E-state index is 0.0498. The molecule has 0 radical (unpaired) electrons. The van der Waals surface area contributed by atoms with Gasteiger partial charge in [0, 0.05) is 5.92 Å². The van der Waals surface area contributed by atoms with Gasteiger partial charge in [-0.25, -0.2) is 5.43 Å². The van der Waals surface area contributed by atoms with E-state index in [1.54, 1.807) is 6.21 Å². The summed E-state index contributed by atoms with van der Waals surface area (Å²) in [5.41, 5.74) is 4.95. The molecule has 2 aliphatic rings. The molecule has 2 saturated carbocycles. The van der Waals surface area contributed by atoms with E-state index in [-0.39, 0.29) is 17.2 Å². The summed E-state index contributed by atoms with van der Waals surface area (Å²) in [5, 5.41) is 6.61. The second kappa shape index (κ2) is 9.22. The molecule has 3 aromatic rings. The number of rotatable bonds is 6. The van der Waals surface area contributed by atoms with Gasteiger partial charge in [0.05, 0.1) is 15.2 Å². The van der Waals surface area contributed by atoms with Crippen LogP contribution in [0.1, 0.15) is 43.7 Å². The van der Waals surface area contributed by atoms with E-state index in [0.717, 1.165) is 32.2 Å². The molecule has 0 spiro atoms. The molecule has 0 aliphatic heterocycles. The first kappa shape index (κ1) is 22.6. The van der Waals surface area contributed by atoms with Crippen LogP contribution in [-0.4, -0.2) is 12.1 Å². The summed E-state index contributed by atoms with van der Waals surface area (Å²) in [5.74, 6) is 1.43. The molecule has 170 valence electrons. The Morgan fingerprint density at radius 1 is 1.15 bits per heavy atom. The number of halogens is 2. The Kier molecular flexibility index (Phi) is 6.32. The molecule has 2 aliphatic carbocycles. The van der Waals surface area contributed by atoms with Crippen LogP contribution in [0.25, 0.3) is 10.8 Å². The van der Waals surface area contributed by atoms with Crippen LogP contribution in [0.5, 0.6) is 5.75 Å². The lowest BCUT2D eigenvalue weighted by Gasteiger charge is -2.15. The summed E-state index contributed by atoms with van der Waals surface area (Å²) in [6, 6.07) is 18.4. The maximum Gasteiger partial charge on any atom is 0.244 e.